The van der Waals surface area contributed by atoms with Crippen molar-refractivity contribution in [1.82, 2.24) is 0 Å². The largest absolute Gasteiger partial charge is 0.497 e. The van der Waals surface area contributed by atoms with E-state index in [0.717, 1.165) is 23.7 Å². The van der Waals surface area contributed by atoms with Gasteiger partial charge in [-0.1, -0.05) is 0 Å². The number of carbonyl (C=O) groups excluding carboxylic acids is 1. The molecule has 2 rings (SSSR count). The molecule has 17 heavy (non-hydrogen) atoms. The first-order valence-electron chi connectivity index (χ1n) is 5.67. The Kier molecular flexibility index (Phi) is 4.31. The van der Waals surface area contributed by atoms with Gasteiger partial charge in [-0.25, -0.2) is 0 Å². The highest BCUT2D eigenvalue weighted by molar-refractivity contribution is 8.00. The van der Waals surface area contributed by atoms with E-state index in [9.17, 15) is 4.79 Å². The highest BCUT2D eigenvalue weighted by atomic mass is 32.2. The molecule has 0 amide bonds. The van der Waals surface area contributed by atoms with E-state index in [2.05, 4.69) is 0 Å². The predicted molar refractivity (Wildman–Crippen MR) is 68.9 cm³/mol. The zero-order valence-electron chi connectivity index (χ0n) is 9.85. The van der Waals surface area contributed by atoms with E-state index >= 15 is 0 Å². The van der Waals surface area contributed by atoms with Crippen LogP contribution in [0.25, 0.3) is 0 Å². The summed E-state index contributed by atoms with van der Waals surface area (Å²) in [6.45, 7) is 0.600. The third kappa shape index (κ3) is 3.40. The fourth-order valence-electron chi connectivity index (χ4n) is 1.75. The summed E-state index contributed by atoms with van der Waals surface area (Å²) < 4.78 is 10.7. The van der Waals surface area contributed by atoms with Crippen LogP contribution in [0, 0.1) is 5.92 Å². The summed E-state index contributed by atoms with van der Waals surface area (Å²) in [5.74, 6) is 3.83. The summed E-state index contributed by atoms with van der Waals surface area (Å²) in [6.07, 6.45) is 0.817. The summed E-state index contributed by atoms with van der Waals surface area (Å²) in [5.41, 5.74) is 0. The van der Waals surface area contributed by atoms with Gasteiger partial charge in [0, 0.05) is 11.7 Å². The number of hydrogen-bond acceptors (Lipinski definition) is 4. The number of benzene rings is 1. The SMILES string of the molecule is COc1ccc(OCCC2CSCC2=O)cc1. The molecular formula is C13H16O3S. The summed E-state index contributed by atoms with van der Waals surface area (Å²) in [5, 5.41) is 0. The van der Waals surface area contributed by atoms with Crippen LogP contribution in [0.4, 0.5) is 0 Å². The van der Waals surface area contributed by atoms with Gasteiger partial charge in [-0.3, -0.25) is 4.79 Å². The number of rotatable bonds is 5. The summed E-state index contributed by atoms with van der Waals surface area (Å²) in [7, 11) is 1.64. The van der Waals surface area contributed by atoms with E-state index < -0.39 is 0 Å². The smallest absolute Gasteiger partial charge is 0.146 e. The lowest BCUT2D eigenvalue weighted by molar-refractivity contribution is -0.119. The lowest BCUT2D eigenvalue weighted by atomic mass is 10.1. The molecule has 0 aromatic heterocycles. The van der Waals surface area contributed by atoms with E-state index in [0.29, 0.717) is 18.1 Å². The van der Waals surface area contributed by atoms with Gasteiger partial charge in [0.05, 0.1) is 19.5 Å². The van der Waals surface area contributed by atoms with Gasteiger partial charge >= 0.3 is 0 Å². The van der Waals surface area contributed by atoms with Crippen molar-refractivity contribution >= 4 is 17.5 Å². The third-order valence-electron chi connectivity index (χ3n) is 2.81. The molecule has 92 valence electrons. The third-order valence-corrected chi connectivity index (χ3v) is 3.94. The van der Waals surface area contributed by atoms with Crippen LogP contribution in [0.1, 0.15) is 6.42 Å². The van der Waals surface area contributed by atoms with E-state index in [1.165, 1.54) is 0 Å². The van der Waals surface area contributed by atoms with Crippen LogP contribution in [0.2, 0.25) is 0 Å². The molecule has 4 heteroatoms. The summed E-state index contributed by atoms with van der Waals surface area (Å²) in [4.78, 5) is 11.4. The van der Waals surface area contributed by atoms with Crippen LogP contribution in [-0.4, -0.2) is 31.0 Å². The maximum Gasteiger partial charge on any atom is 0.146 e. The van der Waals surface area contributed by atoms with Crippen LogP contribution in [0.15, 0.2) is 24.3 Å². The van der Waals surface area contributed by atoms with Gasteiger partial charge in [0.2, 0.25) is 0 Å². The first-order chi connectivity index (χ1) is 8.29. The van der Waals surface area contributed by atoms with Gasteiger partial charge in [0.1, 0.15) is 17.3 Å². The van der Waals surface area contributed by atoms with Crippen molar-refractivity contribution < 1.29 is 14.3 Å². The number of Topliss-reactive ketones (excluding diaryl/α,β-unsaturated/α-hetero) is 1. The van der Waals surface area contributed by atoms with Crippen LogP contribution >= 0.6 is 11.8 Å². The second kappa shape index (κ2) is 5.96. The molecule has 3 nitrogen and oxygen atoms in total. The van der Waals surface area contributed by atoms with Gasteiger partial charge < -0.3 is 9.47 Å². The van der Waals surface area contributed by atoms with E-state index in [1.54, 1.807) is 18.9 Å². The molecule has 1 aromatic rings. The van der Waals surface area contributed by atoms with Crippen LogP contribution in [0.3, 0.4) is 0 Å². The highest BCUT2D eigenvalue weighted by Gasteiger charge is 2.24. The van der Waals surface area contributed by atoms with Crippen molar-refractivity contribution in [3.8, 4) is 11.5 Å². The molecule has 1 saturated heterocycles. The van der Waals surface area contributed by atoms with Crippen molar-refractivity contribution in [3.05, 3.63) is 24.3 Å². The monoisotopic (exact) mass is 252 g/mol. The molecule has 1 unspecified atom stereocenters. The molecule has 1 fully saturated rings. The lowest BCUT2D eigenvalue weighted by Crippen LogP contribution is -2.14. The minimum atomic E-state index is 0.193. The Morgan fingerprint density at radius 3 is 2.59 bits per heavy atom. The zero-order chi connectivity index (χ0) is 12.1. The molecule has 1 aliphatic rings. The first-order valence-corrected chi connectivity index (χ1v) is 6.82. The average Bonchev–Trinajstić information content (AvgIpc) is 2.76. The van der Waals surface area contributed by atoms with E-state index in [4.69, 9.17) is 9.47 Å². The molecule has 1 aliphatic heterocycles. The normalized spacial score (nSPS) is 19.4. The Balaban J connectivity index is 1.75. The molecule has 0 bridgehead atoms. The van der Waals surface area contributed by atoms with Crippen LogP contribution in [0.5, 0.6) is 11.5 Å². The number of thioether (sulfide) groups is 1. The molecule has 0 radical (unpaired) electrons. The minimum absolute atomic E-state index is 0.193. The lowest BCUT2D eigenvalue weighted by Gasteiger charge is -2.09. The Bertz CT molecular complexity index is 375. The standard InChI is InChI=1S/C13H16O3S/c1-15-11-2-4-12(5-3-11)16-7-6-10-8-17-9-13(10)14/h2-5,10H,6-9H2,1H3. The van der Waals surface area contributed by atoms with Crippen molar-refractivity contribution in [1.29, 1.82) is 0 Å². The van der Waals surface area contributed by atoms with Crippen molar-refractivity contribution in [2.24, 2.45) is 5.92 Å². The highest BCUT2D eigenvalue weighted by Crippen LogP contribution is 2.23. The Morgan fingerprint density at radius 2 is 2.00 bits per heavy atom. The fourth-order valence-corrected chi connectivity index (χ4v) is 2.94. The molecule has 1 atom stereocenters. The van der Waals surface area contributed by atoms with Crippen LogP contribution in [-0.2, 0) is 4.79 Å². The topological polar surface area (TPSA) is 35.5 Å². The number of ketones is 1. The second-order valence-corrected chi connectivity index (χ2v) is 5.02. The number of methoxy groups -OCH3 is 1. The number of carbonyl (C=O) groups is 1. The fraction of sp³-hybridized carbons (Fsp3) is 0.462. The minimum Gasteiger partial charge on any atom is -0.497 e. The average molecular weight is 252 g/mol. The van der Waals surface area contributed by atoms with Crippen LogP contribution < -0.4 is 9.47 Å². The van der Waals surface area contributed by atoms with Crippen molar-refractivity contribution in [2.75, 3.05) is 25.2 Å². The van der Waals surface area contributed by atoms with E-state index in [-0.39, 0.29) is 5.92 Å². The molecule has 0 spiro atoms. The quantitative estimate of drug-likeness (QED) is 0.806. The first kappa shape index (κ1) is 12.3. The van der Waals surface area contributed by atoms with Gasteiger partial charge in [-0.2, -0.15) is 11.8 Å². The van der Waals surface area contributed by atoms with Crippen molar-refractivity contribution in [3.63, 3.8) is 0 Å². The predicted octanol–water partition coefficient (Wildman–Crippen LogP) is 2.40. The van der Waals surface area contributed by atoms with Gasteiger partial charge in [-0.05, 0) is 30.7 Å². The molecule has 1 heterocycles. The maximum absolute atomic E-state index is 11.4. The molecule has 0 saturated carbocycles. The molecule has 0 N–H and O–H groups in total. The van der Waals surface area contributed by atoms with E-state index in [1.807, 2.05) is 24.3 Å². The van der Waals surface area contributed by atoms with Gasteiger partial charge in [-0.15, -0.1) is 0 Å². The maximum atomic E-state index is 11.4. The Labute approximate surface area is 105 Å². The summed E-state index contributed by atoms with van der Waals surface area (Å²) >= 11 is 1.72. The molecule has 1 aromatic carbocycles. The zero-order valence-corrected chi connectivity index (χ0v) is 10.7. The number of ether oxygens (including phenoxy) is 2. The van der Waals surface area contributed by atoms with Gasteiger partial charge in [0.15, 0.2) is 0 Å². The van der Waals surface area contributed by atoms with Crippen molar-refractivity contribution in [2.45, 2.75) is 6.42 Å². The molecular weight excluding hydrogens is 236 g/mol. The van der Waals surface area contributed by atoms with Gasteiger partial charge in [0.25, 0.3) is 0 Å². The Morgan fingerprint density at radius 1 is 1.29 bits per heavy atom. The summed E-state index contributed by atoms with van der Waals surface area (Å²) in [6, 6.07) is 7.49. The molecule has 0 aliphatic carbocycles. The number of hydrogen-bond donors (Lipinski definition) is 0. The Hall–Kier alpha value is -1.16. The second-order valence-electron chi connectivity index (χ2n) is 3.99.